The minimum absolute atomic E-state index is 0.281. The minimum atomic E-state index is -0.412. The summed E-state index contributed by atoms with van der Waals surface area (Å²) in [6.07, 6.45) is 1.06. The van der Waals surface area contributed by atoms with Crippen LogP contribution < -0.4 is 15.2 Å². The lowest BCUT2D eigenvalue weighted by Crippen LogP contribution is -2.05. The summed E-state index contributed by atoms with van der Waals surface area (Å²) < 4.78 is 22.6. The number of rotatable bonds is 7. The van der Waals surface area contributed by atoms with Crippen molar-refractivity contribution in [2.75, 3.05) is 26.9 Å². The van der Waals surface area contributed by atoms with Gasteiger partial charge < -0.3 is 15.2 Å². The molecule has 5 heteroatoms. The van der Waals surface area contributed by atoms with Crippen molar-refractivity contribution in [3.05, 3.63) is 22.7 Å². The molecule has 3 nitrogen and oxygen atoms in total. The molecule has 0 bridgehead atoms. The second kappa shape index (κ2) is 7.35. The number of hydrogen-bond donors (Lipinski definition) is 1. The summed E-state index contributed by atoms with van der Waals surface area (Å²) in [7, 11) is 1.54. The van der Waals surface area contributed by atoms with Crippen molar-refractivity contribution in [1.82, 2.24) is 0 Å². The minimum Gasteiger partial charge on any atom is -0.493 e. The molecule has 1 aromatic rings. The first-order chi connectivity index (χ1) is 8.22. The molecule has 96 valence electrons. The molecule has 0 spiro atoms. The van der Waals surface area contributed by atoms with E-state index in [1.54, 1.807) is 13.2 Å². The number of alkyl halides is 1. The summed E-state index contributed by atoms with van der Waals surface area (Å²) in [5, 5.41) is 0.464. The SMILES string of the molecule is COc1cc(CCN)cc(Cl)c1OCCCF. The Kier molecular flexibility index (Phi) is 6.08. The highest BCUT2D eigenvalue weighted by atomic mass is 35.5. The molecular weight excluding hydrogens is 245 g/mol. The topological polar surface area (TPSA) is 44.5 Å². The van der Waals surface area contributed by atoms with Crippen molar-refractivity contribution >= 4 is 11.6 Å². The van der Waals surface area contributed by atoms with E-state index >= 15 is 0 Å². The van der Waals surface area contributed by atoms with Gasteiger partial charge in [-0.25, -0.2) is 0 Å². The Labute approximate surface area is 106 Å². The summed E-state index contributed by atoms with van der Waals surface area (Å²) in [5.74, 6) is 1.02. The highest BCUT2D eigenvalue weighted by Crippen LogP contribution is 2.36. The fraction of sp³-hybridized carbons (Fsp3) is 0.500. The van der Waals surface area contributed by atoms with Gasteiger partial charge in [-0.05, 0) is 30.7 Å². The molecule has 1 rings (SSSR count). The molecule has 0 aliphatic heterocycles. The van der Waals surface area contributed by atoms with Crippen LogP contribution in [-0.4, -0.2) is 26.9 Å². The van der Waals surface area contributed by atoms with Gasteiger partial charge in [-0.2, -0.15) is 0 Å². The molecule has 0 aromatic heterocycles. The molecule has 1 aromatic carbocycles. The third-order valence-corrected chi connectivity index (χ3v) is 2.53. The van der Waals surface area contributed by atoms with Gasteiger partial charge in [0.15, 0.2) is 11.5 Å². The van der Waals surface area contributed by atoms with Crippen LogP contribution in [0.15, 0.2) is 12.1 Å². The van der Waals surface area contributed by atoms with Crippen LogP contribution in [0.25, 0.3) is 0 Å². The number of hydrogen-bond acceptors (Lipinski definition) is 3. The molecule has 0 aliphatic carbocycles. The summed E-state index contributed by atoms with van der Waals surface area (Å²) in [4.78, 5) is 0. The van der Waals surface area contributed by atoms with Gasteiger partial charge in [-0.1, -0.05) is 11.6 Å². The van der Waals surface area contributed by atoms with Crippen molar-refractivity contribution in [2.24, 2.45) is 5.73 Å². The molecule has 0 heterocycles. The molecular formula is C12H17ClFNO2. The van der Waals surface area contributed by atoms with Crippen molar-refractivity contribution in [1.29, 1.82) is 0 Å². The highest BCUT2D eigenvalue weighted by molar-refractivity contribution is 6.32. The Morgan fingerprint density at radius 2 is 2.18 bits per heavy atom. The van der Waals surface area contributed by atoms with Crippen molar-refractivity contribution in [2.45, 2.75) is 12.8 Å². The van der Waals surface area contributed by atoms with Gasteiger partial charge in [0.05, 0.1) is 25.4 Å². The molecule has 0 fully saturated rings. The summed E-state index contributed by atoms with van der Waals surface area (Å²) in [5.41, 5.74) is 6.47. The predicted octanol–water partition coefficient (Wildman–Crippen LogP) is 2.59. The number of methoxy groups -OCH3 is 1. The third-order valence-electron chi connectivity index (χ3n) is 2.25. The standard InChI is InChI=1S/C12H17ClFNO2/c1-16-11-8-9(3-5-15)7-10(13)12(11)17-6-2-4-14/h7-8H,2-6,15H2,1H3. The fourth-order valence-corrected chi connectivity index (χ4v) is 1.74. The van der Waals surface area contributed by atoms with Crippen LogP contribution in [0.3, 0.4) is 0 Å². The van der Waals surface area contributed by atoms with Crippen LogP contribution in [0.2, 0.25) is 5.02 Å². The van der Waals surface area contributed by atoms with Gasteiger partial charge in [-0.15, -0.1) is 0 Å². The maximum absolute atomic E-state index is 12.0. The largest absolute Gasteiger partial charge is 0.493 e. The molecule has 17 heavy (non-hydrogen) atoms. The molecule has 0 atom stereocenters. The van der Waals surface area contributed by atoms with E-state index in [9.17, 15) is 4.39 Å². The van der Waals surface area contributed by atoms with E-state index in [2.05, 4.69) is 0 Å². The van der Waals surface area contributed by atoms with Gasteiger partial charge in [-0.3, -0.25) is 4.39 Å². The van der Waals surface area contributed by atoms with E-state index in [0.29, 0.717) is 29.5 Å². The Bertz CT molecular complexity index is 361. The third kappa shape index (κ3) is 4.06. The van der Waals surface area contributed by atoms with Crippen LogP contribution in [0.4, 0.5) is 4.39 Å². The number of halogens is 2. The first-order valence-corrected chi connectivity index (χ1v) is 5.86. The zero-order valence-electron chi connectivity index (χ0n) is 9.84. The zero-order chi connectivity index (χ0) is 12.7. The highest BCUT2D eigenvalue weighted by Gasteiger charge is 2.11. The Balaban J connectivity index is 2.87. The second-order valence-electron chi connectivity index (χ2n) is 3.54. The lowest BCUT2D eigenvalue weighted by Gasteiger charge is -2.13. The van der Waals surface area contributed by atoms with E-state index in [4.69, 9.17) is 26.8 Å². The van der Waals surface area contributed by atoms with Gasteiger partial charge >= 0.3 is 0 Å². The fourth-order valence-electron chi connectivity index (χ4n) is 1.45. The molecule has 0 aliphatic rings. The van der Waals surface area contributed by atoms with Crippen molar-refractivity contribution in [3.63, 3.8) is 0 Å². The number of benzene rings is 1. The second-order valence-corrected chi connectivity index (χ2v) is 3.95. The zero-order valence-corrected chi connectivity index (χ0v) is 10.6. The van der Waals surface area contributed by atoms with Crippen molar-refractivity contribution in [3.8, 4) is 11.5 Å². The maximum Gasteiger partial charge on any atom is 0.179 e. The molecule has 0 amide bonds. The molecule has 0 unspecified atom stereocenters. The van der Waals surface area contributed by atoms with Gasteiger partial charge in [0.25, 0.3) is 0 Å². The number of nitrogens with two attached hydrogens (primary N) is 1. The summed E-state index contributed by atoms with van der Waals surface area (Å²) in [6, 6.07) is 3.63. The van der Waals surface area contributed by atoms with E-state index < -0.39 is 6.67 Å². The Morgan fingerprint density at radius 3 is 2.76 bits per heavy atom. The summed E-state index contributed by atoms with van der Waals surface area (Å²) in [6.45, 7) is 0.412. The van der Waals surface area contributed by atoms with E-state index in [0.717, 1.165) is 12.0 Å². The van der Waals surface area contributed by atoms with Gasteiger partial charge in [0.2, 0.25) is 0 Å². The summed E-state index contributed by atoms with van der Waals surface area (Å²) >= 11 is 6.09. The van der Waals surface area contributed by atoms with E-state index in [-0.39, 0.29) is 6.61 Å². The van der Waals surface area contributed by atoms with E-state index in [1.165, 1.54) is 0 Å². The van der Waals surface area contributed by atoms with Gasteiger partial charge in [0, 0.05) is 6.42 Å². The molecule has 0 saturated heterocycles. The quantitative estimate of drug-likeness (QED) is 0.768. The van der Waals surface area contributed by atoms with Crippen molar-refractivity contribution < 1.29 is 13.9 Å². The van der Waals surface area contributed by atoms with Crippen LogP contribution in [0.1, 0.15) is 12.0 Å². The average molecular weight is 262 g/mol. The average Bonchev–Trinajstić information content (AvgIpc) is 2.32. The molecule has 2 N–H and O–H groups in total. The lowest BCUT2D eigenvalue weighted by atomic mass is 10.1. The Hall–Kier alpha value is -1.00. The first kappa shape index (κ1) is 14.1. The van der Waals surface area contributed by atoms with Crippen LogP contribution in [0, 0.1) is 0 Å². The monoisotopic (exact) mass is 261 g/mol. The van der Waals surface area contributed by atoms with Crippen LogP contribution in [0.5, 0.6) is 11.5 Å². The normalized spacial score (nSPS) is 10.4. The van der Waals surface area contributed by atoms with Crippen LogP contribution >= 0.6 is 11.6 Å². The number of ether oxygens (including phenoxy) is 2. The maximum atomic E-state index is 12.0. The van der Waals surface area contributed by atoms with Crippen LogP contribution in [-0.2, 0) is 6.42 Å². The van der Waals surface area contributed by atoms with E-state index in [1.807, 2.05) is 6.07 Å². The first-order valence-electron chi connectivity index (χ1n) is 5.48. The Morgan fingerprint density at radius 1 is 1.41 bits per heavy atom. The predicted molar refractivity (Wildman–Crippen MR) is 66.8 cm³/mol. The van der Waals surface area contributed by atoms with Gasteiger partial charge in [0.1, 0.15) is 0 Å². The molecule has 0 radical (unpaired) electrons. The smallest absolute Gasteiger partial charge is 0.179 e. The molecule has 0 saturated carbocycles. The lowest BCUT2D eigenvalue weighted by molar-refractivity contribution is 0.274.